The van der Waals surface area contributed by atoms with Gasteiger partial charge in [0.25, 0.3) is 0 Å². The van der Waals surface area contributed by atoms with E-state index >= 15 is 0 Å². The van der Waals surface area contributed by atoms with Gasteiger partial charge in [0.1, 0.15) is 6.04 Å². The quantitative estimate of drug-likeness (QED) is 0.601. The minimum Gasteiger partial charge on any atom is -0.481 e. The third kappa shape index (κ3) is 5.74. The van der Waals surface area contributed by atoms with Gasteiger partial charge in [-0.1, -0.05) is 0 Å². The van der Waals surface area contributed by atoms with Crippen LogP contribution in [0.4, 0.5) is 4.79 Å². The van der Waals surface area contributed by atoms with E-state index in [1.165, 1.54) is 4.90 Å². The van der Waals surface area contributed by atoms with Crippen molar-refractivity contribution < 1.29 is 24.6 Å². The second kappa shape index (κ2) is 7.48. The Hall–Kier alpha value is -1.79. The summed E-state index contributed by atoms with van der Waals surface area (Å²) in [6, 6.07) is -1.66. The lowest BCUT2D eigenvalue weighted by molar-refractivity contribution is -0.140. The lowest BCUT2D eigenvalue weighted by Gasteiger charge is -2.22. The maximum atomic E-state index is 11.6. The first-order valence-electron chi connectivity index (χ1n) is 5.42. The summed E-state index contributed by atoms with van der Waals surface area (Å²) in [5, 5.41) is 19.6. The van der Waals surface area contributed by atoms with E-state index in [0.29, 0.717) is 13.1 Å². The molecule has 98 valence electrons. The summed E-state index contributed by atoms with van der Waals surface area (Å²) in [6.45, 7) is 4.48. The maximum Gasteiger partial charge on any atom is 0.326 e. The molecule has 7 heteroatoms. The Bertz CT molecular complexity index is 288. The number of carboxylic acid groups (broad SMARTS) is 2. The van der Waals surface area contributed by atoms with Crippen molar-refractivity contribution in [3.63, 3.8) is 0 Å². The number of rotatable bonds is 7. The summed E-state index contributed by atoms with van der Waals surface area (Å²) in [4.78, 5) is 34.2. The van der Waals surface area contributed by atoms with Crippen LogP contribution in [0.1, 0.15) is 26.7 Å². The largest absolute Gasteiger partial charge is 0.481 e. The molecule has 0 saturated heterocycles. The fourth-order valence-electron chi connectivity index (χ4n) is 1.28. The van der Waals surface area contributed by atoms with E-state index < -0.39 is 24.0 Å². The number of carbonyl (C=O) groups is 3. The highest BCUT2D eigenvalue weighted by molar-refractivity contribution is 5.83. The predicted molar refractivity (Wildman–Crippen MR) is 59.7 cm³/mol. The zero-order valence-corrected chi connectivity index (χ0v) is 9.97. The molecule has 0 radical (unpaired) electrons. The Kier molecular flexibility index (Phi) is 6.69. The molecule has 0 aliphatic rings. The van der Waals surface area contributed by atoms with Gasteiger partial charge in [0.2, 0.25) is 0 Å². The molecule has 1 atom stereocenters. The van der Waals surface area contributed by atoms with Crippen molar-refractivity contribution in [2.45, 2.75) is 32.7 Å². The molecule has 17 heavy (non-hydrogen) atoms. The molecule has 7 nitrogen and oxygen atoms in total. The van der Waals surface area contributed by atoms with Gasteiger partial charge in [-0.3, -0.25) is 4.79 Å². The zero-order valence-electron chi connectivity index (χ0n) is 9.97. The number of amides is 2. The van der Waals surface area contributed by atoms with Gasteiger partial charge in [0, 0.05) is 19.5 Å². The van der Waals surface area contributed by atoms with Gasteiger partial charge >= 0.3 is 18.0 Å². The first-order chi connectivity index (χ1) is 7.92. The van der Waals surface area contributed by atoms with E-state index in [4.69, 9.17) is 10.2 Å². The van der Waals surface area contributed by atoms with Crippen molar-refractivity contribution in [2.75, 3.05) is 13.1 Å². The molecule has 0 heterocycles. The molecule has 0 aromatic heterocycles. The molecule has 2 amide bonds. The summed E-state index contributed by atoms with van der Waals surface area (Å²) in [7, 11) is 0. The normalized spacial score (nSPS) is 11.6. The Labute approximate surface area is 99.4 Å². The van der Waals surface area contributed by atoms with Crippen LogP contribution in [0.5, 0.6) is 0 Å². The second-order valence-corrected chi connectivity index (χ2v) is 3.45. The van der Waals surface area contributed by atoms with Gasteiger partial charge in [-0.25, -0.2) is 9.59 Å². The number of nitrogens with one attached hydrogen (secondary N) is 1. The minimum absolute atomic E-state index is 0.127. The molecule has 0 bridgehead atoms. The molecular formula is C10H18N2O5. The van der Waals surface area contributed by atoms with Crippen LogP contribution in [0.3, 0.4) is 0 Å². The van der Waals surface area contributed by atoms with E-state index in [9.17, 15) is 14.4 Å². The second-order valence-electron chi connectivity index (χ2n) is 3.45. The molecular weight excluding hydrogens is 228 g/mol. The Balaban J connectivity index is 4.38. The average Bonchev–Trinajstić information content (AvgIpc) is 2.25. The maximum absolute atomic E-state index is 11.6. The van der Waals surface area contributed by atoms with E-state index in [1.807, 2.05) is 0 Å². The summed E-state index contributed by atoms with van der Waals surface area (Å²) in [5.74, 6) is -2.32. The summed E-state index contributed by atoms with van der Waals surface area (Å²) >= 11 is 0. The van der Waals surface area contributed by atoms with Crippen LogP contribution in [0.2, 0.25) is 0 Å². The minimum atomic E-state index is -1.23. The van der Waals surface area contributed by atoms with Gasteiger partial charge in [0.05, 0.1) is 0 Å². The molecule has 0 aliphatic heterocycles. The summed E-state index contributed by atoms with van der Waals surface area (Å²) in [6.07, 6.45) is -0.423. The number of urea groups is 1. The van der Waals surface area contributed by atoms with Crippen LogP contribution >= 0.6 is 0 Å². The molecule has 0 aliphatic carbocycles. The first-order valence-corrected chi connectivity index (χ1v) is 5.42. The highest BCUT2D eigenvalue weighted by Crippen LogP contribution is 2.00. The third-order valence-corrected chi connectivity index (χ3v) is 2.29. The van der Waals surface area contributed by atoms with Crippen LogP contribution in [0, 0.1) is 0 Å². The van der Waals surface area contributed by atoms with Crippen molar-refractivity contribution in [3.8, 4) is 0 Å². The van der Waals surface area contributed by atoms with E-state index in [0.717, 1.165) is 0 Å². The van der Waals surface area contributed by atoms with Gasteiger partial charge in [-0.15, -0.1) is 0 Å². The topological polar surface area (TPSA) is 107 Å². The molecule has 0 aromatic carbocycles. The highest BCUT2D eigenvalue weighted by Gasteiger charge is 2.22. The molecule has 3 N–H and O–H groups in total. The Morgan fingerprint density at radius 1 is 1.18 bits per heavy atom. The smallest absolute Gasteiger partial charge is 0.326 e. The van der Waals surface area contributed by atoms with Crippen LogP contribution in [-0.4, -0.2) is 52.2 Å². The lowest BCUT2D eigenvalue weighted by atomic mass is 10.1. The zero-order chi connectivity index (χ0) is 13.4. The number of aliphatic carboxylic acids is 2. The van der Waals surface area contributed by atoms with Crippen LogP contribution in [0.25, 0.3) is 0 Å². The summed E-state index contributed by atoms with van der Waals surface area (Å²) in [5.41, 5.74) is 0. The highest BCUT2D eigenvalue weighted by atomic mass is 16.4. The molecule has 0 aromatic rings. The predicted octanol–water partition coefficient (Wildman–Crippen LogP) is 0.356. The van der Waals surface area contributed by atoms with Crippen molar-refractivity contribution in [1.29, 1.82) is 0 Å². The molecule has 0 saturated carbocycles. The van der Waals surface area contributed by atoms with Crippen molar-refractivity contribution in [3.05, 3.63) is 0 Å². The lowest BCUT2D eigenvalue weighted by Crippen LogP contribution is -2.48. The van der Waals surface area contributed by atoms with E-state index in [1.54, 1.807) is 13.8 Å². The average molecular weight is 246 g/mol. The third-order valence-electron chi connectivity index (χ3n) is 2.29. The van der Waals surface area contributed by atoms with Crippen LogP contribution < -0.4 is 5.32 Å². The van der Waals surface area contributed by atoms with Crippen LogP contribution in [0.15, 0.2) is 0 Å². The van der Waals surface area contributed by atoms with Gasteiger partial charge < -0.3 is 20.4 Å². The number of carboxylic acids is 2. The van der Waals surface area contributed by atoms with Crippen molar-refractivity contribution >= 4 is 18.0 Å². The van der Waals surface area contributed by atoms with E-state index in [2.05, 4.69) is 5.32 Å². The molecule has 0 fully saturated rings. The van der Waals surface area contributed by atoms with Gasteiger partial charge in [-0.05, 0) is 20.3 Å². The van der Waals surface area contributed by atoms with Crippen LogP contribution in [-0.2, 0) is 9.59 Å². The SMILES string of the molecule is CCN(CC)C(=O)N[C@@H](CCC(=O)O)C(=O)O. The van der Waals surface area contributed by atoms with Crippen molar-refractivity contribution in [2.24, 2.45) is 0 Å². The summed E-state index contributed by atoms with van der Waals surface area (Å²) < 4.78 is 0. The Morgan fingerprint density at radius 3 is 2.06 bits per heavy atom. The fraction of sp³-hybridized carbons (Fsp3) is 0.700. The fourth-order valence-corrected chi connectivity index (χ4v) is 1.28. The molecule has 0 unspecified atom stereocenters. The number of nitrogens with zero attached hydrogens (tertiary/aromatic N) is 1. The molecule has 0 spiro atoms. The number of hydrogen-bond acceptors (Lipinski definition) is 3. The standard InChI is InChI=1S/C10H18N2O5/c1-3-12(4-2)10(17)11-7(9(15)16)5-6-8(13)14/h7H,3-6H2,1-2H3,(H,11,17)(H,13,14)(H,15,16)/t7-/m0/s1. The number of hydrogen-bond donors (Lipinski definition) is 3. The van der Waals surface area contributed by atoms with Crippen molar-refractivity contribution in [1.82, 2.24) is 10.2 Å². The monoisotopic (exact) mass is 246 g/mol. The van der Waals surface area contributed by atoms with E-state index in [-0.39, 0.29) is 12.8 Å². The van der Waals surface area contributed by atoms with Gasteiger partial charge in [0.15, 0.2) is 0 Å². The Morgan fingerprint density at radius 2 is 1.71 bits per heavy atom. The molecule has 0 rings (SSSR count). The van der Waals surface area contributed by atoms with Gasteiger partial charge in [-0.2, -0.15) is 0 Å². The first kappa shape index (κ1) is 15.2. The number of carbonyl (C=O) groups excluding carboxylic acids is 1.